The molecular formula is C18H20O3. The number of hydrogen-bond acceptors (Lipinski definition) is 3. The van der Waals surface area contributed by atoms with Crippen molar-refractivity contribution in [3.63, 3.8) is 0 Å². The zero-order chi connectivity index (χ0) is 15.2. The number of Topliss-reactive ketones (excluding diaryl/α,β-unsaturated/α-hetero) is 1. The molecule has 0 radical (unpaired) electrons. The van der Waals surface area contributed by atoms with E-state index >= 15 is 0 Å². The number of rotatable bonds is 6. The molecule has 0 atom stereocenters. The van der Waals surface area contributed by atoms with Gasteiger partial charge in [-0.2, -0.15) is 0 Å². The van der Waals surface area contributed by atoms with Gasteiger partial charge in [-0.05, 0) is 54.8 Å². The van der Waals surface area contributed by atoms with Crippen molar-refractivity contribution < 1.29 is 14.3 Å². The van der Waals surface area contributed by atoms with E-state index in [4.69, 9.17) is 9.47 Å². The average molecular weight is 284 g/mol. The first-order valence-electron chi connectivity index (χ1n) is 6.95. The first-order chi connectivity index (χ1) is 10.1. The number of carbonyl (C=O) groups is 1. The quantitative estimate of drug-likeness (QED) is 0.756. The minimum Gasteiger partial charge on any atom is -0.497 e. The maximum absolute atomic E-state index is 12.2. The van der Waals surface area contributed by atoms with Crippen LogP contribution in [0.1, 0.15) is 27.9 Å². The Morgan fingerprint density at radius 3 is 2.29 bits per heavy atom. The van der Waals surface area contributed by atoms with Gasteiger partial charge in [0.1, 0.15) is 11.5 Å². The number of carbonyl (C=O) groups excluding carboxylic acids is 1. The van der Waals surface area contributed by atoms with E-state index in [2.05, 4.69) is 0 Å². The molecule has 0 saturated heterocycles. The Balaban J connectivity index is 1.99. The molecule has 0 fully saturated rings. The average Bonchev–Trinajstić information content (AvgIpc) is 2.53. The highest BCUT2D eigenvalue weighted by Crippen LogP contribution is 2.20. The molecule has 0 spiro atoms. The lowest BCUT2D eigenvalue weighted by atomic mass is 10.0. The summed E-state index contributed by atoms with van der Waals surface area (Å²) in [7, 11) is 3.28. The molecular weight excluding hydrogens is 264 g/mol. The Labute approximate surface area is 125 Å². The number of aryl methyl sites for hydroxylation is 2. The Kier molecular flexibility index (Phi) is 4.99. The SMILES string of the molecule is COc1ccc(CCC(=O)c2ccc(OC)c(C)c2)cc1. The fraction of sp³-hybridized carbons (Fsp3) is 0.278. The zero-order valence-electron chi connectivity index (χ0n) is 12.7. The zero-order valence-corrected chi connectivity index (χ0v) is 12.7. The maximum Gasteiger partial charge on any atom is 0.163 e. The first kappa shape index (κ1) is 15.1. The van der Waals surface area contributed by atoms with Crippen molar-refractivity contribution in [2.45, 2.75) is 19.8 Å². The predicted molar refractivity (Wildman–Crippen MR) is 83.4 cm³/mol. The molecule has 0 unspecified atom stereocenters. The lowest BCUT2D eigenvalue weighted by Gasteiger charge is -2.07. The van der Waals surface area contributed by atoms with Crippen LogP contribution in [0, 0.1) is 6.92 Å². The third-order valence-electron chi connectivity index (χ3n) is 3.52. The van der Waals surface area contributed by atoms with Gasteiger partial charge in [-0.1, -0.05) is 12.1 Å². The summed E-state index contributed by atoms with van der Waals surface area (Å²) in [4.78, 5) is 12.2. The highest BCUT2D eigenvalue weighted by atomic mass is 16.5. The first-order valence-corrected chi connectivity index (χ1v) is 6.95. The van der Waals surface area contributed by atoms with Gasteiger partial charge in [-0.25, -0.2) is 0 Å². The molecule has 3 nitrogen and oxygen atoms in total. The van der Waals surface area contributed by atoms with Crippen molar-refractivity contribution in [2.75, 3.05) is 14.2 Å². The van der Waals surface area contributed by atoms with Gasteiger partial charge < -0.3 is 9.47 Å². The fourth-order valence-electron chi connectivity index (χ4n) is 2.25. The summed E-state index contributed by atoms with van der Waals surface area (Å²) >= 11 is 0. The van der Waals surface area contributed by atoms with Gasteiger partial charge >= 0.3 is 0 Å². The van der Waals surface area contributed by atoms with E-state index in [9.17, 15) is 4.79 Å². The van der Waals surface area contributed by atoms with E-state index in [0.29, 0.717) is 6.42 Å². The van der Waals surface area contributed by atoms with E-state index in [1.165, 1.54) is 0 Å². The molecule has 2 aromatic carbocycles. The van der Waals surface area contributed by atoms with Crippen LogP contribution in [-0.2, 0) is 6.42 Å². The van der Waals surface area contributed by atoms with Crippen molar-refractivity contribution >= 4 is 5.78 Å². The number of ketones is 1. The number of methoxy groups -OCH3 is 2. The molecule has 0 saturated carbocycles. The second-order valence-electron chi connectivity index (χ2n) is 4.96. The lowest BCUT2D eigenvalue weighted by Crippen LogP contribution is -2.02. The molecule has 0 bridgehead atoms. The minimum absolute atomic E-state index is 0.150. The van der Waals surface area contributed by atoms with Crippen LogP contribution in [0.5, 0.6) is 11.5 Å². The molecule has 0 aliphatic rings. The van der Waals surface area contributed by atoms with Gasteiger partial charge in [-0.15, -0.1) is 0 Å². The van der Waals surface area contributed by atoms with E-state index in [-0.39, 0.29) is 5.78 Å². The Hall–Kier alpha value is -2.29. The number of benzene rings is 2. The summed E-state index contributed by atoms with van der Waals surface area (Å²) in [5.41, 5.74) is 2.85. The highest BCUT2D eigenvalue weighted by Gasteiger charge is 2.08. The van der Waals surface area contributed by atoms with Crippen LogP contribution in [0.25, 0.3) is 0 Å². The monoisotopic (exact) mass is 284 g/mol. The molecule has 110 valence electrons. The summed E-state index contributed by atoms with van der Waals surface area (Å²) in [6.07, 6.45) is 1.23. The second-order valence-corrected chi connectivity index (χ2v) is 4.96. The third-order valence-corrected chi connectivity index (χ3v) is 3.52. The third kappa shape index (κ3) is 3.85. The van der Waals surface area contributed by atoms with Crippen LogP contribution in [0.2, 0.25) is 0 Å². The smallest absolute Gasteiger partial charge is 0.163 e. The summed E-state index contributed by atoms with van der Waals surface area (Å²) in [5, 5.41) is 0. The van der Waals surface area contributed by atoms with Crippen molar-refractivity contribution in [1.82, 2.24) is 0 Å². The van der Waals surface area contributed by atoms with Crippen LogP contribution < -0.4 is 9.47 Å². The Morgan fingerprint density at radius 1 is 1.00 bits per heavy atom. The maximum atomic E-state index is 12.2. The lowest BCUT2D eigenvalue weighted by molar-refractivity contribution is 0.0982. The molecule has 0 amide bonds. The van der Waals surface area contributed by atoms with Gasteiger partial charge in [0.25, 0.3) is 0 Å². The Bertz CT molecular complexity index is 615. The van der Waals surface area contributed by atoms with Gasteiger partial charge in [0.2, 0.25) is 0 Å². The topological polar surface area (TPSA) is 35.5 Å². The van der Waals surface area contributed by atoms with Crippen LogP contribution in [0.4, 0.5) is 0 Å². The minimum atomic E-state index is 0.150. The summed E-state index contributed by atoms with van der Waals surface area (Å²) in [5.74, 6) is 1.79. The second kappa shape index (κ2) is 6.93. The van der Waals surface area contributed by atoms with Crippen LogP contribution in [0.3, 0.4) is 0 Å². The molecule has 0 heterocycles. The molecule has 0 N–H and O–H groups in total. The molecule has 2 aromatic rings. The van der Waals surface area contributed by atoms with Gasteiger partial charge in [0.05, 0.1) is 14.2 Å². The van der Waals surface area contributed by atoms with Gasteiger partial charge in [0, 0.05) is 12.0 Å². The van der Waals surface area contributed by atoms with E-state index in [0.717, 1.165) is 34.6 Å². The van der Waals surface area contributed by atoms with Crippen molar-refractivity contribution in [3.8, 4) is 11.5 Å². The normalized spacial score (nSPS) is 10.2. The summed E-state index contributed by atoms with van der Waals surface area (Å²) < 4.78 is 10.3. The predicted octanol–water partition coefficient (Wildman–Crippen LogP) is 3.83. The van der Waals surface area contributed by atoms with Gasteiger partial charge in [-0.3, -0.25) is 4.79 Å². The fourth-order valence-corrected chi connectivity index (χ4v) is 2.25. The van der Waals surface area contributed by atoms with Crippen molar-refractivity contribution in [3.05, 3.63) is 59.2 Å². The molecule has 3 heteroatoms. The number of hydrogen-bond donors (Lipinski definition) is 0. The summed E-state index contributed by atoms with van der Waals surface area (Å²) in [6, 6.07) is 13.4. The number of ether oxygens (including phenoxy) is 2. The van der Waals surface area contributed by atoms with Crippen LogP contribution in [0.15, 0.2) is 42.5 Å². The van der Waals surface area contributed by atoms with E-state index in [1.807, 2.05) is 49.4 Å². The van der Waals surface area contributed by atoms with Crippen molar-refractivity contribution in [2.24, 2.45) is 0 Å². The standard InChI is InChI=1S/C18H20O3/c1-13-12-15(7-11-18(13)21-3)17(19)10-6-14-4-8-16(20-2)9-5-14/h4-5,7-9,11-12H,6,10H2,1-3H3. The van der Waals surface area contributed by atoms with Crippen LogP contribution in [-0.4, -0.2) is 20.0 Å². The highest BCUT2D eigenvalue weighted by molar-refractivity contribution is 5.96. The van der Waals surface area contributed by atoms with E-state index in [1.54, 1.807) is 14.2 Å². The molecule has 0 aliphatic heterocycles. The van der Waals surface area contributed by atoms with Gasteiger partial charge in [0.15, 0.2) is 5.78 Å². The molecule has 0 aliphatic carbocycles. The molecule has 0 aromatic heterocycles. The van der Waals surface area contributed by atoms with E-state index < -0.39 is 0 Å². The largest absolute Gasteiger partial charge is 0.497 e. The Morgan fingerprint density at radius 2 is 1.71 bits per heavy atom. The molecule has 21 heavy (non-hydrogen) atoms. The van der Waals surface area contributed by atoms with Crippen molar-refractivity contribution in [1.29, 1.82) is 0 Å². The van der Waals surface area contributed by atoms with Crippen LogP contribution >= 0.6 is 0 Å². The summed E-state index contributed by atoms with van der Waals surface area (Å²) in [6.45, 7) is 1.94. The molecule has 2 rings (SSSR count).